The van der Waals surface area contributed by atoms with Crippen molar-refractivity contribution in [2.45, 2.75) is 0 Å². The van der Waals surface area contributed by atoms with E-state index >= 15 is 0 Å². The van der Waals surface area contributed by atoms with Crippen LogP contribution >= 0.6 is 0 Å². The van der Waals surface area contributed by atoms with E-state index in [0.717, 1.165) is 50.1 Å². The number of aromatic nitrogens is 3. The SMILES string of the molecule is c1ccc(-c2nc(-c3ccc(-c4ccnc5ccccc45)cc3)cc(-c3ccc4c5c(cccc35)-c3c-4c(-c4ccccc4)c4ccccc4c3-c3ccccc3)n2)cc1. The molecule has 60 heavy (non-hydrogen) atoms. The van der Waals surface area contributed by atoms with Gasteiger partial charge in [0.1, 0.15) is 0 Å². The quantitative estimate of drug-likeness (QED) is 0.169. The average molecular weight is 762 g/mol. The lowest BCUT2D eigenvalue weighted by molar-refractivity contribution is 1.18. The lowest BCUT2D eigenvalue weighted by atomic mass is 9.82. The highest BCUT2D eigenvalue weighted by Crippen LogP contribution is 2.58. The molecule has 278 valence electrons. The number of hydrogen-bond donors (Lipinski definition) is 0. The van der Waals surface area contributed by atoms with E-state index in [0.29, 0.717) is 5.82 Å². The average Bonchev–Trinajstić information content (AvgIpc) is 3.66. The molecule has 0 spiro atoms. The summed E-state index contributed by atoms with van der Waals surface area (Å²) >= 11 is 0. The fourth-order valence-electron chi connectivity index (χ4n) is 9.45. The maximum atomic E-state index is 5.33. The molecule has 0 atom stereocenters. The Labute approximate surface area is 348 Å². The van der Waals surface area contributed by atoms with Crippen molar-refractivity contribution in [3.05, 3.63) is 212 Å². The minimum Gasteiger partial charge on any atom is -0.256 e. The van der Waals surface area contributed by atoms with Gasteiger partial charge in [0, 0.05) is 28.3 Å². The number of fused-ring (bicyclic) bond motifs is 5. The molecule has 1 aliphatic carbocycles. The van der Waals surface area contributed by atoms with Gasteiger partial charge in [-0.15, -0.1) is 0 Å². The van der Waals surface area contributed by atoms with Gasteiger partial charge in [-0.2, -0.15) is 0 Å². The van der Waals surface area contributed by atoms with Crippen molar-refractivity contribution >= 4 is 32.4 Å². The molecule has 11 aromatic rings. The van der Waals surface area contributed by atoms with Crippen LogP contribution in [-0.4, -0.2) is 15.0 Å². The van der Waals surface area contributed by atoms with Gasteiger partial charge < -0.3 is 0 Å². The normalized spacial score (nSPS) is 11.7. The van der Waals surface area contributed by atoms with Gasteiger partial charge in [0.15, 0.2) is 5.82 Å². The maximum Gasteiger partial charge on any atom is 0.160 e. The van der Waals surface area contributed by atoms with Gasteiger partial charge in [-0.3, -0.25) is 4.98 Å². The van der Waals surface area contributed by atoms with Crippen molar-refractivity contribution in [1.29, 1.82) is 0 Å². The summed E-state index contributed by atoms with van der Waals surface area (Å²) in [5, 5.41) is 6.07. The molecule has 0 fully saturated rings. The van der Waals surface area contributed by atoms with E-state index in [1.54, 1.807) is 0 Å². The van der Waals surface area contributed by atoms with Gasteiger partial charge in [-0.1, -0.05) is 188 Å². The summed E-state index contributed by atoms with van der Waals surface area (Å²) in [6.45, 7) is 0. The van der Waals surface area contributed by atoms with Crippen LogP contribution in [0.2, 0.25) is 0 Å². The first-order valence-corrected chi connectivity index (χ1v) is 20.4. The molecule has 0 radical (unpaired) electrons. The van der Waals surface area contributed by atoms with Gasteiger partial charge in [-0.05, 0) is 95.4 Å². The van der Waals surface area contributed by atoms with Crippen molar-refractivity contribution in [2.24, 2.45) is 0 Å². The molecule has 2 heterocycles. The molecule has 0 saturated heterocycles. The number of rotatable bonds is 6. The Bertz CT molecular complexity index is 3350. The van der Waals surface area contributed by atoms with Crippen molar-refractivity contribution in [1.82, 2.24) is 15.0 Å². The van der Waals surface area contributed by atoms with Gasteiger partial charge in [-0.25, -0.2) is 9.97 Å². The molecule has 0 N–H and O–H groups in total. The van der Waals surface area contributed by atoms with E-state index in [2.05, 4.69) is 187 Å². The van der Waals surface area contributed by atoms with Crippen LogP contribution in [-0.2, 0) is 0 Å². The third-order valence-corrected chi connectivity index (χ3v) is 12.1. The Balaban J connectivity index is 1.08. The fraction of sp³-hybridized carbons (Fsp3) is 0. The highest BCUT2D eigenvalue weighted by Gasteiger charge is 2.31. The Morgan fingerprint density at radius 3 is 1.47 bits per heavy atom. The zero-order chi connectivity index (χ0) is 39.6. The first kappa shape index (κ1) is 34.1. The lowest BCUT2D eigenvalue weighted by Gasteiger charge is -2.20. The van der Waals surface area contributed by atoms with Crippen LogP contribution in [0.3, 0.4) is 0 Å². The number of para-hydroxylation sites is 1. The summed E-state index contributed by atoms with van der Waals surface area (Å²) in [6.07, 6.45) is 1.89. The molecule has 3 heteroatoms. The number of nitrogens with zero attached hydrogens (tertiary/aromatic N) is 3. The highest BCUT2D eigenvalue weighted by atomic mass is 14.9. The van der Waals surface area contributed by atoms with Crippen molar-refractivity contribution < 1.29 is 0 Å². The minimum absolute atomic E-state index is 0.697. The van der Waals surface area contributed by atoms with Crippen molar-refractivity contribution in [3.63, 3.8) is 0 Å². The summed E-state index contributed by atoms with van der Waals surface area (Å²) in [5.41, 5.74) is 18.2. The van der Waals surface area contributed by atoms with Crippen LogP contribution in [0, 0.1) is 0 Å². The van der Waals surface area contributed by atoms with Crippen LogP contribution < -0.4 is 0 Å². The molecular weight excluding hydrogens is 727 g/mol. The topological polar surface area (TPSA) is 38.7 Å². The van der Waals surface area contributed by atoms with E-state index in [1.807, 2.05) is 30.5 Å². The van der Waals surface area contributed by atoms with E-state index in [1.165, 1.54) is 66.1 Å². The number of benzene rings is 9. The van der Waals surface area contributed by atoms with Crippen molar-refractivity contribution in [3.8, 4) is 89.5 Å². The monoisotopic (exact) mass is 761 g/mol. The predicted molar refractivity (Wildman–Crippen MR) is 249 cm³/mol. The van der Waals surface area contributed by atoms with Gasteiger partial charge in [0.2, 0.25) is 0 Å². The van der Waals surface area contributed by atoms with Crippen LogP contribution in [0.4, 0.5) is 0 Å². The van der Waals surface area contributed by atoms with Crippen molar-refractivity contribution in [2.75, 3.05) is 0 Å². The minimum atomic E-state index is 0.697. The summed E-state index contributed by atoms with van der Waals surface area (Å²) in [6, 6.07) is 73.7. The fourth-order valence-corrected chi connectivity index (χ4v) is 9.45. The maximum absolute atomic E-state index is 5.33. The first-order chi connectivity index (χ1) is 29.8. The highest BCUT2D eigenvalue weighted by molar-refractivity contribution is 6.28. The predicted octanol–water partition coefficient (Wildman–Crippen LogP) is 15.0. The molecule has 1 aliphatic rings. The second-order valence-electron chi connectivity index (χ2n) is 15.4. The largest absolute Gasteiger partial charge is 0.256 e. The van der Waals surface area contributed by atoms with E-state index in [-0.39, 0.29) is 0 Å². The third kappa shape index (κ3) is 5.40. The van der Waals surface area contributed by atoms with E-state index in [9.17, 15) is 0 Å². The number of pyridine rings is 1. The van der Waals surface area contributed by atoms with E-state index in [4.69, 9.17) is 9.97 Å². The molecule has 0 bridgehead atoms. The Kier molecular flexibility index (Phi) is 7.85. The second-order valence-corrected chi connectivity index (χ2v) is 15.4. The molecule has 9 aromatic carbocycles. The molecular formula is C57H35N3. The molecule has 3 nitrogen and oxygen atoms in total. The molecule has 0 unspecified atom stereocenters. The zero-order valence-corrected chi connectivity index (χ0v) is 32.5. The Hall–Kier alpha value is -8.01. The smallest absolute Gasteiger partial charge is 0.160 e. The summed E-state index contributed by atoms with van der Waals surface area (Å²) in [4.78, 5) is 15.1. The summed E-state index contributed by atoms with van der Waals surface area (Å²) in [7, 11) is 0. The van der Waals surface area contributed by atoms with Crippen LogP contribution in [0.5, 0.6) is 0 Å². The third-order valence-electron chi connectivity index (χ3n) is 12.1. The lowest BCUT2D eigenvalue weighted by Crippen LogP contribution is -1.96. The van der Waals surface area contributed by atoms with Crippen LogP contribution in [0.25, 0.3) is 122 Å². The number of hydrogen-bond acceptors (Lipinski definition) is 3. The summed E-state index contributed by atoms with van der Waals surface area (Å²) < 4.78 is 0. The summed E-state index contributed by atoms with van der Waals surface area (Å²) in [5.74, 6) is 0.697. The second kappa shape index (κ2) is 13.8. The van der Waals surface area contributed by atoms with Gasteiger partial charge in [0.25, 0.3) is 0 Å². The molecule has 12 rings (SSSR count). The van der Waals surface area contributed by atoms with Gasteiger partial charge >= 0.3 is 0 Å². The molecule has 0 saturated carbocycles. The Morgan fingerprint density at radius 2 is 0.800 bits per heavy atom. The van der Waals surface area contributed by atoms with Crippen LogP contribution in [0.15, 0.2) is 212 Å². The van der Waals surface area contributed by atoms with E-state index < -0.39 is 0 Å². The first-order valence-electron chi connectivity index (χ1n) is 20.4. The van der Waals surface area contributed by atoms with Gasteiger partial charge in [0.05, 0.1) is 16.9 Å². The standard InChI is InChI=1S/C57H35N3/c1-4-15-38(16-5-1)52-45-22-10-11-23-46(45)53(39-17-6-2-7-18-39)56-48-32-31-43(44-24-14-25-47(54(44)48)55(52)56)51-35-50(59-57(60-51)40-19-8-3-9-20-40)37-29-27-36(28-30-37)41-33-34-58-49-26-13-12-21-42(41)49/h1-35H. The zero-order valence-electron chi connectivity index (χ0n) is 32.5. The molecule has 0 amide bonds. The van der Waals surface area contributed by atoms with Crippen LogP contribution in [0.1, 0.15) is 0 Å². The Morgan fingerprint density at radius 1 is 0.283 bits per heavy atom. The molecule has 2 aromatic heterocycles. The molecule has 0 aliphatic heterocycles.